The topological polar surface area (TPSA) is 82.2 Å². The van der Waals surface area contributed by atoms with E-state index in [4.69, 9.17) is 4.74 Å². The van der Waals surface area contributed by atoms with Gasteiger partial charge in [-0.2, -0.15) is 0 Å². The second kappa shape index (κ2) is 9.40. The summed E-state index contributed by atoms with van der Waals surface area (Å²) in [6.07, 6.45) is 0.583. The molecule has 8 nitrogen and oxygen atoms in total. The normalized spacial score (nSPS) is 15.9. The van der Waals surface area contributed by atoms with Crippen LogP contribution in [0.5, 0.6) is 0 Å². The molecule has 2 aromatic rings. The van der Waals surface area contributed by atoms with Crippen molar-refractivity contribution >= 4 is 29.2 Å². The molecular weight excluding hydrogens is 408 g/mol. The third-order valence-corrected chi connectivity index (χ3v) is 5.89. The van der Waals surface area contributed by atoms with Gasteiger partial charge in [0, 0.05) is 57.8 Å². The Morgan fingerprint density at radius 3 is 2.47 bits per heavy atom. The number of urea groups is 1. The molecule has 0 unspecified atom stereocenters. The van der Waals surface area contributed by atoms with Crippen LogP contribution in [0.3, 0.4) is 0 Å². The van der Waals surface area contributed by atoms with Gasteiger partial charge in [-0.15, -0.1) is 0 Å². The number of carbonyl (C=O) groups is 3. The zero-order valence-electron chi connectivity index (χ0n) is 18.5. The number of anilines is 2. The van der Waals surface area contributed by atoms with Gasteiger partial charge >= 0.3 is 6.03 Å². The number of fused-ring (bicyclic) bond motifs is 1. The summed E-state index contributed by atoms with van der Waals surface area (Å²) in [5, 5.41) is 2.87. The van der Waals surface area contributed by atoms with Crippen LogP contribution in [0.1, 0.15) is 32.7 Å². The first-order valence-electron chi connectivity index (χ1n) is 10.8. The number of benzene rings is 2. The van der Waals surface area contributed by atoms with E-state index in [-0.39, 0.29) is 17.8 Å². The molecule has 4 amide bonds. The van der Waals surface area contributed by atoms with Gasteiger partial charge in [-0.1, -0.05) is 12.1 Å². The van der Waals surface area contributed by atoms with Crippen LogP contribution in [0.2, 0.25) is 0 Å². The smallest absolute Gasteiger partial charge is 0.321 e. The number of carbonyl (C=O) groups excluding carboxylic acids is 3. The summed E-state index contributed by atoms with van der Waals surface area (Å²) in [4.78, 5) is 43.2. The SMILES string of the molecule is COCCCN1C(=O)c2ccc(NC(=O)N3CCN(c4cccc(C)c4)CC3)cc2C1=O. The van der Waals surface area contributed by atoms with Gasteiger partial charge in [0.25, 0.3) is 11.8 Å². The van der Waals surface area contributed by atoms with Gasteiger partial charge in [-0.3, -0.25) is 14.5 Å². The van der Waals surface area contributed by atoms with Gasteiger partial charge in [-0.05, 0) is 49.2 Å². The number of ether oxygens (including phenoxy) is 1. The van der Waals surface area contributed by atoms with Crippen LogP contribution in [0.15, 0.2) is 42.5 Å². The minimum atomic E-state index is -0.330. The Balaban J connectivity index is 1.36. The van der Waals surface area contributed by atoms with Gasteiger partial charge in [0.2, 0.25) is 0 Å². The molecular formula is C24H28N4O4. The molecule has 0 atom stereocenters. The van der Waals surface area contributed by atoms with E-state index in [0.717, 1.165) is 13.1 Å². The largest absolute Gasteiger partial charge is 0.385 e. The number of nitrogens with zero attached hydrogens (tertiary/aromatic N) is 3. The van der Waals surface area contributed by atoms with Crippen molar-refractivity contribution in [3.63, 3.8) is 0 Å². The first kappa shape index (κ1) is 21.8. The lowest BCUT2D eigenvalue weighted by Gasteiger charge is -2.36. The third-order valence-electron chi connectivity index (χ3n) is 5.89. The van der Waals surface area contributed by atoms with Gasteiger partial charge in [0.15, 0.2) is 0 Å². The lowest BCUT2D eigenvalue weighted by molar-refractivity contribution is 0.0638. The van der Waals surface area contributed by atoms with Crippen LogP contribution in [0.4, 0.5) is 16.2 Å². The van der Waals surface area contributed by atoms with Crippen molar-refractivity contribution in [3.8, 4) is 0 Å². The molecule has 8 heteroatoms. The van der Waals surface area contributed by atoms with Crippen molar-refractivity contribution in [1.29, 1.82) is 0 Å². The van der Waals surface area contributed by atoms with Crippen LogP contribution in [-0.2, 0) is 4.74 Å². The molecule has 0 aromatic heterocycles. The van der Waals surface area contributed by atoms with Crippen molar-refractivity contribution in [3.05, 3.63) is 59.2 Å². The monoisotopic (exact) mass is 436 g/mol. The van der Waals surface area contributed by atoms with Crippen LogP contribution in [0.25, 0.3) is 0 Å². The zero-order valence-corrected chi connectivity index (χ0v) is 18.5. The molecule has 0 spiro atoms. The highest BCUT2D eigenvalue weighted by Crippen LogP contribution is 2.26. The predicted molar refractivity (Wildman–Crippen MR) is 122 cm³/mol. The molecule has 0 aliphatic carbocycles. The Morgan fingerprint density at radius 2 is 1.75 bits per heavy atom. The van der Waals surface area contributed by atoms with E-state index in [1.807, 2.05) is 6.07 Å². The predicted octanol–water partition coefficient (Wildman–Crippen LogP) is 2.98. The van der Waals surface area contributed by atoms with Gasteiger partial charge in [0.1, 0.15) is 0 Å². The molecule has 168 valence electrons. The van der Waals surface area contributed by atoms with Gasteiger partial charge in [0.05, 0.1) is 11.1 Å². The first-order valence-corrected chi connectivity index (χ1v) is 10.8. The van der Waals surface area contributed by atoms with Gasteiger partial charge < -0.3 is 19.9 Å². The summed E-state index contributed by atoms with van der Waals surface area (Å²) in [5.74, 6) is -0.629. The van der Waals surface area contributed by atoms with E-state index in [9.17, 15) is 14.4 Å². The quantitative estimate of drug-likeness (QED) is 0.556. The summed E-state index contributed by atoms with van der Waals surface area (Å²) in [7, 11) is 1.58. The minimum Gasteiger partial charge on any atom is -0.385 e. The van der Waals surface area contributed by atoms with Crippen molar-refractivity contribution in [2.75, 3.05) is 56.7 Å². The molecule has 0 radical (unpaired) electrons. The molecule has 1 N–H and O–H groups in total. The van der Waals surface area contributed by atoms with Crippen molar-refractivity contribution in [2.24, 2.45) is 0 Å². The number of aryl methyl sites for hydroxylation is 1. The fourth-order valence-electron chi connectivity index (χ4n) is 4.13. The Morgan fingerprint density at radius 1 is 1.00 bits per heavy atom. The first-order chi connectivity index (χ1) is 15.5. The molecule has 2 aliphatic rings. The summed E-state index contributed by atoms with van der Waals surface area (Å²) < 4.78 is 5.00. The molecule has 1 fully saturated rings. The number of rotatable bonds is 6. The number of methoxy groups -OCH3 is 1. The van der Waals surface area contributed by atoms with Crippen LogP contribution >= 0.6 is 0 Å². The average molecular weight is 437 g/mol. The second-order valence-corrected chi connectivity index (χ2v) is 8.11. The Kier molecular flexibility index (Phi) is 6.41. The summed E-state index contributed by atoms with van der Waals surface area (Å²) in [6, 6.07) is 13.0. The van der Waals surface area contributed by atoms with Crippen molar-refractivity contribution in [1.82, 2.24) is 9.80 Å². The Labute approximate surface area is 187 Å². The zero-order chi connectivity index (χ0) is 22.7. The fraction of sp³-hybridized carbons (Fsp3) is 0.375. The van der Waals surface area contributed by atoms with E-state index >= 15 is 0 Å². The maximum Gasteiger partial charge on any atom is 0.321 e. The van der Waals surface area contributed by atoms with Gasteiger partial charge in [-0.25, -0.2) is 4.79 Å². The van der Waals surface area contributed by atoms with Crippen molar-refractivity contribution in [2.45, 2.75) is 13.3 Å². The lowest BCUT2D eigenvalue weighted by atomic mass is 10.1. The molecule has 2 aromatic carbocycles. The summed E-state index contributed by atoms with van der Waals surface area (Å²) in [5.41, 5.74) is 3.59. The third kappa shape index (κ3) is 4.45. The van der Waals surface area contributed by atoms with Crippen LogP contribution < -0.4 is 10.2 Å². The Bertz CT molecular complexity index is 1030. The summed E-state index contributed by atoms with van der Waals surface area (Å²) in [6.45, 7) is 5.58. The second-order valence-electron chi connectivity index (χ2n) is 8.11. The molecule has 32 heavy (non-hydrogen) atoms. The molecule has 1 saturated heterocycles. The number of imide groups is 1. The van der Waals surface area contributed by atoms with E-state index in [1.165, 1.54) is 16.2 Å². The molecule has 0 saturated carbocycles. The fourth-order valence-corrected chi connectivity index (χ4v) is 4.13. The average Bonchev–Trinajstić information content (AvgIpc) is 3.03. The highest BCUT2D eigenvalue weighted by molar-refractivity contribution is 6.21. The molecule has 2 aliphatic heterocycles. The van der Waals surface area contributed by atoms with E-state index in [2.05, 4.69) is 35.3 Å². The molecule has 2 heterocycles. The van der Waals surface area contributed by atoms with Crippen LogP contribution in [0, 0.1) is 6.92 Å². The number of hydrogen-bond acceptors (Lipinski definition) is 5. The molecule has 0 bridgehead atoms. The Hall–Kier alpha value is -3.39. The highest BCUT2D eigenvalue weighted by Gasteiger charge is 2.35. The van der Waals surface area contributed by atoms with Crippen LogP contribution in [-0.4, -0.2) is 74.1 Å². The maximum absolute atomic E-state index is 12.8. The number of hydrogen-bond donors (Lipinski definition) is 1. The summed E-state index contributed by atoms with van der Waals surface area (Å²) >= 11 is 0. The van der Waals surface area contributed by atoms with E-state index < -0.39 is 0 Å². The molecule has 4 rings (SSSR count). The maximum atomic E-state index is 12.8. The lowest BCUT2D eigenvalue weighted by Crippen LogP contribution is -2.50. The van der Waals surface area contributed by atoms with Crippen molar-refractivity contribution < 1.29 is 19.1 Å². The standard InChI is InChI=1S/C24H28N4O4/c1-17-5-3-6-19(15-17)26-10-12-27(13-11-26)24(31)25-18-7-8-20-21(16-18)23(30)28(22(20)29)9-4-14-32-2/h3,5-8,15-16H,4,9-14H2,1-2H3,(H,25,31). The number of amides is 4. The number of piperazine rings is 1. The van der Waals surface area contributed by atoms with E-state index in [0.29, 0.717) is 49.5 Å². The highest BCUT2D eigenvalue weighted by atomic mass is 16.5. The number of nitrogens with one attached hydrogen (secondary N) is 1. The minimum absolute atomic E-state index is 0.206. The van der Waals surface area contributed by atoms with E-state index in [1.54, 1.807) is 30.2 Å².